The molecule has 1 heterocycles. The van der Waals surface area contributed by atoms with Crippen molar-refractivity contribution in [1.82, 2.24) is 10.2 Å². The molecule has 4 heteroatoms. The Bertz CT molecular complexity index is 286. The molecule has 18 heavy (non-hydrogen) atoms. The standard InChI is InChI=1S/C14H29N3O/c1-13(2,14(3,4)15)12(18)16-10-11-6-8-17(5)9-7-11/h11H,6-10,15H2,1-5H3,(H,16,18). The molecule has 0 aromatic rings. The van der Waals surface area contributed by atoms with Crippen LogP contribution in [0.2, 0.25) is 0 Å². The zero-order valence-corrected chi connectivity index (χ0v) is 12.5. The van der Waals surface area contributed by atoms with Gasteiger partial charge in [0.15, 0.2) is 0 Å². The molecule has 0 atom stereocenters. The van der Waals surface area contributed by atoms with Crippen molar-refractivity contribution in [2.45, 2.75) is 46.1 Å². The van der Waals surface area contributed by atoms with Crippen molar-refractivity contribution < 1.29 is 4.79 Å². The van der Waals surface area contributed by atoms with Gasteiger partial charge in [0.2, 0.25) is 5.91 Å². The summed E-state index contributed by atoms with van der Waals surface area (Å²) in [5.74, 6) is 0.677. The number of nitrogens with zero attached hydrogens (tertiary/aromatic N) is 1. The van der Waals surface area contributed by atoms with E-state index >= 15 is 0 Å². The van der Waals surface area contributed by atoms with E-state index in [9.17, 15) is 4.79 Å². The van der Waals surface area contributed by atoms with Gasteiger partial charge in [-0.3, -0.25) is 4.79 Å². The Hall–Kier alpha value is -0.610. The molecular weight excluding hydrogens is 226 g/mol. The lowest BCUT2D eigenvalue weighted by Crippen LogP contribution is -2.56. The molecule has 106 valence electrons. The van der Waals surface area contributed by atoms with Crippen LogP contribution in [0.15, 0.2) is 0 Å². The number of hydrogen-bond donors (Lipinski definition) is 2. The van der Waals surface area contributed by atoms with E-state index in [0.717, 1.165) is 19.6 Å². The van der Waals surface area contributed by atoms with Crippen molar-refractivity contribution in [2.24, 2.45) is 17.1 Å². The monoisotopic (exact) mass is 255 g/mol. The number of likely N-dealkylation sites (tertiary alicyclic amines) is 1. The molecule has 1 rings (SSSR count). The summed E-state index contributed by atoms with van der Waals surface area (Å²) < 4.78 is 0. The molecule has 1 saturated heterocycles. The minimum Gasteiger partial charge on any atom is -0.355 e. The first-order chi connectivity index (χ1) is 8.14. The summed E-state index contributed by atoms with van der Waals surface area (Å²) in [5, 5.41) is 3.08. The summed E-state index contributed by atoms with van der Waals surface area (Å²) in [6, 6.07) is 0. The number of carbonyl (C=O) groups is 1. The molecule has 0 aliphatic carbocycles. The molecule has 0 unspecified atom stereocenters. The van der Waals surface area contributed by atoms with E-state index < -0.39 is 11.0 Å². The van der Waals surface area contributed by atoms with Crippen molar-refractivity contribution in [3.63, 3.8) is 0 Å². The van der Waals surface area contributed by atoms with Crippen molar-refractivity contribution in [2.75, 3.05) is 26.7 Å². The summed E-state index contributed by atoms with van der Waals surface area (Å²) in [6.07, 6.45) is 2.34. The van der Waals surface area contributed by atoms with Gasteiger partial charge in [0, 0.05) is 12.1 Å². The zero-order valence-electron chi connectivity index (χ0n) is 12.5. The predicted octanol–water partition coefficient (Wildman–Crippen LogP) is 1.21. The molecule has 4 nitrogen and oxygen atoms in total. The molecule has 0 spiro atoms. The molecule has 1 aliphatic heterocycles. The van der Waals surface area contributed by atoms with Crippen LogP contribution in [0.5, 0.6) is 0 Å². The average molecular weight is 255 g/mol. The van der Waals surface area contributed by atoms with Crippen molar-refractivity contribution in [3.05, 3.63) is 0 Å². The third-order valence-electron chi connectivity index (χ3n) is 4.57. The highest BCUT2D eigenvalue weighted by molar-refractivity contribution is 5.83. The largest absolute Gasteiger partial charge is 0.355 e. The second-order valence-electron chi connectivity index (χ2n) is 6.80. The van der Waals surface area contributed by atoms with Gasteiger partial charge >= 0.3 is 0 Å². The lowest BCUT2D eigenvalue weighted by atomic mass is 9.74. The number of nitrogens with one attached hydrogen (secondary N) is 1. The molecule has 0 aromatic heterocycles. The average Bonchev–Trinajstić information content (AvgIpc) is 2.26. The Labute approximate surface area is 111 Å². The maximum atomic E-state index is 12.2. The minimum atomic E-state index is -0.543. The highest BCUT2D eigenvalue weighted by atomic mass is 16.2. The fourth-order valence-electron chi connectivity index (χ4n) is 2.02. The van der Waals surface area contributed by atoms with Crippen LogP contribution in [0.3, 0.4) is 0 Å². The smallest absolute Gasteiger partial charge is 0.227 e. The normalized spacial score (nSPS) is 19.9. The Balaban J connectivity index is 2.42. The van der Waals surface area contributed by atoms with Crippen LogP contribution in [0.4, 0.5) is 0 Å². The molecule has 0 saturated carbocycles. The van der Waals surface area contributed by atoms with E-state index in [1.54, 1.807) is 0 Å². The van der Waals surface area contributed by atoms with Gasteiger partial charge < -0.3 is 16.0 Å². The second kappa shape index (κ2) is 5.57. The van der Waals surface area contributed by atoms with Crippen LogP contribution < -0.4 is 11.1 Å². The van der Waals surface area contributed by atoms with Crippen molar-refractivity contribution >= 4 is 5.91 Å². The van der Waals surface area contributed by atoms with Gasteiger partial charge in [-0.2, -0.15) is 0 Å². The number of carbonyl (C=O) groups excluding carboxylic acids is 1. The van der Waals surface area contributed by atoms with Gasteiger partial charge in [-0.05, 0) is 66.6 Å². The van der Waals surface area contributed by atoms with E-state index in [-0.39, 0.29) is 5.91 Å². The topological polar surface area (TPSA) is 58.4 Å². The van der Waals surface area contributed by atoms with Gasteiger partial charge in [-0.25, -0.2) is 0 Å². The lowest BCUT2D eigenvalue weighted by Gasteiger charge is -2.37. The summed E-state index contributed by atoms with van der Waals surface area (Å²) >= 11 is 0. The maximum absolute atomic E-state index is 12.2. The third-order valence-corrected chi connectivity index (χ3v) is 4.57. The van der Waals surface area contributed by atoms with E-state index in [0.29, 0.717) is 5.92 Å². The molecule has 1 aliphatic rings. The first-order valence-corrected chi connectivity index (χ1v) is 6.90. The summed E-state index contributed by atoms with van der Waals surface area (Å²) in [5.41, 5.74) is 5.02. The number of amides is 1. The molecule has 0 bridgehead atoms. The van der Waals surface area contributed by atoms with Crippen LogP contribution >= 0.6 is 0 Å². The van der Waals surface area contributed by atoms with Gasteiger partial charge in [-0.15, -0.1) is 0 Å². The Morgan fingerprint density at radius 3 is 2.22 bits per heavy atom. The number of rotatable bonds is 4. The minimum absolute atomic E-state index is 0.0638. The zero-order chi connectivity index (χ0) is 14.0. The SMILES string of the molecule is CN1CCC(CNC(=O)C(C)(C)C(C)(C)N)CC1. The fourth-order valence-corrected chi connectivity index (χ4v) is 2.02. The van der Waals surface area contributed by atoms with E-state index in [1.807, 2.05) is 27.7 Å². The molecule has 3 N–H and O–H groups in total. The van der Waals surface area contributed by atoms with E-state index in [4.69, 9.17) is 5.73 Å². The predicted molar refractivity (Wildman–Crippen MR) is 75.3 cm³/mol. The van der Waals surface area contributed by atoms with Gasteiger partial charge in [-0.1, -0.05) is 0 Å². The van der Waals surface area contributed by atoms with Crippen LogP contribution in [0.25, 0.3) is 0 Å². The highest BCUT2D eigenvalue weighted by Crippen LogP contribution is 2.28. The van der Waals surface area contributed by atoms with E-state index in [2.05, 4.69) is 17.3 Å². The van der Waals surface area contributed by atoms with Crippen molar-refractivity contribution in [1.29, 1.82) is 0 Å². The molecule has 0 radical (unpaired) electrons. The molecule has 1 fully saturated rings. The number of nitrogens with two attached hydrogens (primary N) is 1. The molecule has 1 amide bonds. The highest BCUT2D eigenvalue weighted by Gasteiger charge is 2.40. The van der Waals surface area contributed by atoms with Gasteiger partial charge in [0.1, 0.15) is 0 Å². The lowest BCUT2D eigenvalue weighted by molar-refractivity contribution is -0.132. The molecular formula is C14H29N3O. The summed E-state index contributed by atoms with van der Waals surface area (Å²) in [6.45, 7) is 10.7. The molecule has 0 aromatic carbocycles. The Morgan fingerprint density at radius 2 is 1.78 bits per heavy atom. The van der Waals surface area contributed by atoms with Crippen LogP contribution in [0, 0.1) is 11.3 Å². The van der Waals surface area contributed by atoms with Gasteiger partial charge in [0.05, 0.1) is 5.41 Å². The van der Waals surface area contributed by atoms with Crippen LogP contribution in [-0.2, 0) is 4.79 Å². The summed E-state index contributed by atoms with van der Waals surface area (Å²) in [7, 11) is 2.15. The number of hydrogen-bond acceptors (Lipinski definition) is 3. The quantitative estimate of drug-likeness (QED) is 0.794. The number of piperidine rings is 1. The fraction of sp³-hybridized carbons (Fsp3) is 0.929. The first-order valence-electron chi connectivity index (χ1n) is 6.90. The van der Waals surface area contributed by atoms with Crippen molar-refractivity contribution in [3.8, 4) is 0 Å². The first kappa shape index (κ1) is 15.4. The van der Waals surface area contributed by atoms with Gasteiger partial charge in [0.25, 0.3) is 0 Å². The Morgan fingerprint density at radius 1 is 1.28 bits per heavy atom. The maximum Gasteiger partial charge on any atom is 0.227 e. The second-order valence-corrected chi connectivity index (χ2v) is 6.80. The van der Waals surface area contributed by atoms with Crippen LogP contribution in [0.1, 0.15) is 40.5 Å². The van der Waals surface area contributed by atoms with E-state index in [1.165, 1.54) is 12.8 Å². The van der Waals surface area contributed by atoms with Crippen LogP contribution in [-0.4, -0.2) is 43.0 Å². The third kappa shape index (κ3) is 3.69. The summed E-state index contributed by atoms with van der Waals surface area (Å²) in [4.78, 5) is 14.6. The Kier molecular flexibility index (Phi) is 4.78.